The molecule has 186 valence electrons. The lowest BCUT2D eigenvalue weighted by Gasteiger charge is -2.31. The maximum Gasteiger partial charge on any atom is 0.243 e. The highest BCUT2D eigenvalue weighted by Gasteiger charge is 2.33. The van der Waals surface area contributed by atoms with Crippen LogP contribution in [0.2, 0.25) is 5.02 Å². The Hall–Kier alpha value is -2.18. The van der Waals surface area contributed by atoms with E-state index in [0.717, 1.165) is 0 Å². The molecule has 0 spiro atoms. The Labute approximate surface area is 205 Å². The molecule has 1 fully saturated rings. The molecule has 0 aliphatic carbocycles. The van der Waals surface area contributed by atoms with Crippen molar-refractivity contribution in [2.75, 3.05) is 25.5 Å². The first-order valence-corrected chi connectivity index (χ1v) is 14.0. The minimum Gasteiger partial charge on any atom is -0.495 e. The summed E-state index contributed by atoms with van der Waals surface area (Å²) in [6.45, 7) is 3.71. The molecule has 1 aliphatic heterocycles. The van der Waals surface area contributed by atoms with Crippen molar-refractivity contribution in [2.24, 2.45) is 5.92 Å². The number of nitrogens with zero attached hydrogens (tertiary/aromatic N) is 1. The zero-order valence-electron chi connectivity index (χ0n) is 19.1. The van der Waals surface area contributed by atoms with Gasteiger partial charge in [-0.3, -0.25) is 4.79 Å². The predicted molar refractivity (Wildman–Crippen MR) is 130 cm³/mol. The average molecular weight is 530 g/mol. The third-order valence-corrected chi connectivity index (χ3v) is 9.12. The third kappa shape index (κ3) is 6.08. The number of nitrogens with one attached hydrogen (secondary N) is 2. The monoisotopic (exact) mass is 529 g/mol. The fourth-order valence-electron chi connectivity index (χ4n) is 3.70. The van der Waals surface area contributed by atoms with Crippen molar-refractivity contribution in [3.63, 3.8) is 0 Å². The first-order chi connectivity index (χ1) is 15.9. The summed E-state index contributed by atoms with van der Waals surface area (Å²) in [6.07, 6.45) is 1.00. The summed E-state index contributed by atoms with van der Waals surface area (Å²) >= 11 is 5.86. The lowest BCUT2D eigenvalue weighted by molar-refractivity contribution is -0.120. The van der Waals surface area contributed by atoms with Gasteiger partial charge in [0, 0.05) is 24.2 Å². The van der Waals surface area contributed by atoms with Gasteiger partial charge in [0.2, 0.25) is 26.0 Å². The van der Waals surface area contributed by atoms with Crippen LogP contribution in [0.25, 0.3) is 0 Å². The van der Waals surface area contributed by atoms with Crippen molar-refractivity contribution >= 4 is 43.2 Å². The molecule has 0 aromatic heterocycles. The third-order valence-electron chi connectivity index (χ3n) is 5.34. The topological polar surface area (TPSA) is 122 Å². The van der Waals surface area contributed by atoms with E-state index < -0.39 is 31.9 Å². The quantitative estimate of drug-likeness (QED) is 0.542. The summed E-state index contributed by atoms with van der Waals surface area (Å²) in [5.41, 5.74) is 0.191. The van der Waals surface area contributed by atoms with Crippen LogP contribution < -0.4 is 14.8 Å². The van der Waals surface area contributed by atoms with Crippen LogP contribution in [0.1, 0.15) is 26.7 Å². The zero-order chi connectivity index (χ0) is 25.1. The fourth-order valence-corrected chi connectivity index (χ4v) is 6.62. The van der Waals surface area contributed by atoms with Crippen LogP contribution in [0.15, 0.2) is 52.3 Å². The molecule has 3 rings (SSSR count). The smallest absolute Gasteiger partial charge is 0.243 e. The van der Waals surface area contributed by atoms with Gasteiger partial charge in [-0.25, -0.2) is 21.6 Å². The van der Waals surface area contributed by atoms with Crippen molar-refractivity contribution in [3.05, 3.63) is 47.5 Å². The van der Waals surface area contributed by atoms with E-state index in [1.165, 1.54) is 53.9 Å². The van der Waals surface area contributed by atoms with Crippen LogP contribution in [0.5, 0.6) is 5.75 Å². The number of hydrogen-bond acceptors (Lipinski definition) is 6. The Morgan fingerprint density at radius 2 is 1.74 bits per heavy atom. The molecular formula is C22H28ClN3O6S2. The molecule has 1 amide bonds. The molecular weight excluding hydrogens is 502 g/mol. The van der Waals surface area contributed by atoms with Gasteiger partial charge in [-0.05, 0) is 69.2 Å². The average Bonchev–Trinajstić information content (AvgIpc) is 2.78. The Kier molecular flexibility index (Phi) is 8.25. The highest BCUT2D eigenvalue weighted by Crippen LogP contribution is 2.30. The summed E-state index contributed by atoms with van der Waals surface area (Å²) in [6, 6.07) is 9.75. The van der Waals surface area contributed by atoms with Crippen LogP contribution >= 0.6 is 11.6 Å². The number of hydrogen-bond donors (Lipinski definition) is 2. The molecule has 2 aromatic rings. The first-order valence-electron chi connectivity index (χ1n) is 10.7. The number of ether oxygens (including phenoxy) is 1. The summed E-state index contributed by atoms with van der Waals surface area (Å²) in [5, 5.41) is 3.15. The molecule has 1 heterocycles. The van der Waals surface area contributed by atoms with Crippen LogP contribution in [0, 0.1) is 5.92 Å². The molecule has 0 bridgehead atoms. The van der Waals surface area contributed by atoms with Gasteiger partial charge in [-0.15, -0.1) is 0 Å². The Morgan fingerprint density at radius 1 is 1.09 bits per heavy atom. The van der Waals surface area contributed by atoms with E-state index in [2.05, 4.69) is 10.0 Å². The maximum atomic E-state index is 13.1. The minimum atomic E-state index is -3.79. The molecule has 0 saturated carbocycles. The van der Waals surface area contributed by atoms with Crippen molar-refractivity contribution in [1.82, 2.24) is 9.03 Å². The van der Waals surface area contributed by atoms with E-state index in [0.29, 0.717) is 30.2 Å². The van der Waals surface area contributed by atoms with Crippen LogP contribution in [-0.4, -0.2) is 53.3 Å². The molecule has 2 N–H and O–H groups in total. The molecule has 9 nitrogen and oxygen atoms in total. The van der Waals surface area contributed by atoms with Gasteiger partial charge in [-0.1, -0.05) is 11.6 Å². The van der Waals surface area contributed by atoms with Gasteiger partial charge in [0.25, 0.3) is 0 Å². The zero-order valence-corrected chi connectivity index (χ0v) is 21.5. The standard InChI is InChI=1S/C22H28ClN3O6S2/c1-15(2)25-33(28,29)19-10-11-21(32-3)20(13-19)24-22(27)16-5-4-12-26(14-16)34(30,31)18-8-6-17(23)7-9-18/h6-11,13,15-16,25H,4-5,12,14H2,1-3H3,(H,24,27)/t16-/m1/s1. The van der Waals surface area contributed by atoms with Gasteiger partial charge in [0.15, 0.2) is 0 Å². The van der Waals surface area contributed by atoms with Crippen LogP contribution in [0.4, 0.5) is 5.69 Å². The molecule has 2 aromatic carbocycles. The molecule has 1 saturated heterocycles. The van der Waals surface area contributed by atoms with Gasteiger partial charge < -0.3 is 10.1 Å². The number of amides is 1. The summed E-state index contributed by atoms with van der Waals surface area (Å²) in [4.78, 5) is 13.1. The fraction of sp³-hybridized carbons (Fsp3) is 0.409. The summed E-state index contributed by atoms with van der Waals surface area (Å²) in [5.74, 6) is -0.742. The number of sulfonamides is 2. The van der Waals surface area contributed by atoms with Crippen LogP contribution in [0.3, 0.4) is 0 Å². The molecule has 1 atom stereocenters. The highest BCUT2D eigenvalue weighted by molar-refractivity contribution is 7.89. The molecule has 34 heavy (non-hydrogen) atoms. The number of methoxy groups -OCH3 is 1. The predicted octanol–water partition coefficient (Wildman–Crippen LogP) is 3.07. The largest absolute Gasteiger partial charge is 0.495 e. The Bertz CT molecular complexity index is 1250. The van der Waals surface area contributed by atoms with Gasteiger partial charge in [0.1, 0.15) is 5.75 Å². The van der Waals surface area contributed by atoms with Crippen molar-refractivity contribution in [2.45, 2.75) is 42.5 Å². The van der Waals surface area contributed by atoms with E-state index in [1.54, 1.807) is 13.8 Å². The van der Waals surface area contributed by atoms with Gasteiger partial charge >= 0.3 is 0 Å². The Morgan fingerprint density at radius 3 is 2.35 bits per heavy atom. The Balaban J connectivity index is 1.80. The number of benzene rings is 2. The minimum absolute atomic E-state index is 0.00596. The van der Waals surface area contributed by atoms with Crippen molar-refractivity contribution in [3.8, 4) is 5.75 Å². The SMILES string of the molecule is COc1ccc(S(=O)(=O)NC(C)C)cc1NC(=O)[C@@H]1CCCN(S(=O)(=O)c2ccc(Cl)cc2)C1. The lowest BCUT2D eigenvalue weighted by atomic mass is 9.98. The van der Waals surface area contributed by atoms with Crippen LogP contribution in [-0.2, 0) is 24.8 Å². The highest BCUT2D eigenvalue weighted by atomic mass is 35.5. The van der Waals surface area contributed by atoms with Crippen molar-refractivity contribution < 1.29 is 26.4 Å². The second kappa shape index (κ2) is 10.6. The molecule has 0 unspecified atom stereocenters. The van der Waals surface area contributed by atoms with E-state index in [1.807, 2.05) is 0 Å². The van der Waals surface area contributed by atoms with Gasteiger partial charge in [0.05, 0.1) is 28.5 Å². The van der Waals surface area contributed by atoms with E-state index in [4.69, 9.17) is 16.3 Å². The number of carbonyl (C=O) groups is 1. The van der Waals surface area contributed by atoms with E-state index in [-0.39, 0.29) is 28.1 Å². The van der Waals surface area contributed by atoms with Gasteiger partial charge in [-0.2, -0.15) is 4.31 Å². The number of halogens is 1. The van der Waals surface area contributed by atoms with Crippen molar-refractivity contribution in [1.29, 1.82) is 0 Å². The normalized spacial score (nSPS) is 17.5. The van der Waals surface area contributed by atoms with E-state index in [9.17, 15) is 21.6 Å². The maximum absolute atomic E-state index is 13.1. The lowest BCUT2D eigenvalue weighted by Crippen LogP contribution is -2.43. The van der Waals surface area contributed by atoms with E-state index >= 15 is 0 Å². The number of rotatable bonds is 8. The molecule has 0 radical (unpaired) electrons. The molecule has 1 aliphatic rings. The second-order valence-electron chi connectivity index (χ2n) is 8.28. The second-order valence-corrected chi connectivity index (χ2v) is 12.4. The summed E-state index contributed by atoms with van der Waals surface area (Å²) in [7, 11) is -6.16. The number of piperidine rings is 1. The summed E-state index contributed by atoms with van der Waals surface area (Å²) < 4.78 is 60.2. The first kappa shape index (κ1) is 26.4. The molecule has 12 heteroatoms. The number of carbonyl (C=O) groups excluding carboxylic acids is 1. The number of anilines is 1.